The largest absolute Gasteiger partial charge is 0.244 e. The molecule has 0 atom stereocenters. The minimum absolute atomic E-state index is 1.07. The summed E-state index contributed by atoms with van der Waals surface area (Å²) in [7, 11) is 2.03. The third kappa shape index (κ3) is 2.06. The Labute approximate surface area is 65.9 Å². The van der Waals surface area contributed by atoms with E-state index in [1.54, 1.807) is 0 Å². The summed E-state index contributed by atoms with van der Waals surface area (Å²) in [5, 5.41) is 0. The topological polar surface area (TPSA) is 8.81 Å². The highest BCUT2D eigenvalue weighted by Crippen LogP contribution is 2.01. The van der Waals surface area contributed by atoms with Gasteiger partial charge in [0.2, 0.25) is 6.33 Å². The summed E-state index contributed by atoms with van der Waals surface area (Å²) in [4.78, 5) is 0. The molecule has 0 fully saturated rings. The molecule has 0 aliphatic heterocycles. The first-order valence-corrected chi connectivity index (χ1v) is 4.57. The SMILES string of the molecule is CCSCn1cc[n+](C)c1. The van der Waals surface area contributed by atoms with Crippen molar-refractivity contribution >= 4 is 11.8 Å². The van der Waals surface area contributed by atoms with E-state index in [0.29, 0.717) is 0 Å². The van der Waals surface area contributed by atoms with E-state index in [-0.39, 0.29) is 0 Å². The van der Waals surface area contributed by atoms with E-state index < -0.39 is 0 Å². The lowest BCUT2D eigenvalue weighted by Gasteiger charge is -1.90. The van der Waals surface area contributed by atoms with Crippen molar-refractivity contribution in [1.82, 2.24) is 4.57 Å². The summed E-state index contributed by atoms with van der Waals surface area (Å²) in [5.41, 5.74) is 0. The highest BCUT2D eigenvalue weighted by molar-refractivity contribution is 7.98. The fourth-order valence-electron chi connectivity index (χ4n) is 0.775. The zero-order valence-corrected chi connectivity index (χ0v) is 7.27. The lowest BCUT2D eigenvalue weighted by molar-refractivity contribution is -0.670. The Kier molecular flexibility index (Phi) is 2.81. The van der Waals surface area contributed by atoms with Crippen LogP contribution in [-0.2, 0) is 12.9 Å². The van der Waals surface area contributed by atoms with Crippen molar-refractivity contribution in [2.24, 2.45) is 7.05 Å². The van der Waals surface area contributed by atoms with E-state index in [1.165, 1.54) is 5.75 Å². The van der Waals surface area contributed by atoms with Gasteiger partial charge in [0.15, 0.2) is 0 Å². The van der Waals surface area contributed by atoms with Gasteiger partial charge < -0.3 is 0 Å². The third-order valence-electron chi connectivity index (χ3n) is 1.27. The Hall–Kier alpha value is -0.440. The van der Waals surface area contributed by atoms with Crippen molar-refractivity contribution < 1.29 is 4.57 Å². The van der Waals surface area contributed by atoms with Gasteiger partial charge in [-0.1, -0.05) is 6.92 Å². The van der Waals surface area contributed by atoms with Crippen molar-refractivity contribution in [2.45, 2.75) is 12.8 Å². The number of imidazole rings is 1. The Balaban J connectivity index is 2.42. The van der Waals surface area contributed by atoms with E-state index in [4.69, 9.17) is 0 Å². The summed E-state index contributed by atoms with van der Waals surface area (Å²) in [6, 6.07) is 0. The molecule has 1 aromatic heterocycles. The van der Waals surface area contributed by atoms with Crippen molar-refractivity contribution in [3.63, 3.8) is 0 Å². The first kappa shape index (κ1) is 7.66. The molecule has 2 nitrogen and oxygen atoms in total. The van der Waals surface area contributed by atoms with Crippen LogP contribution in [0.2, 0.25) is 0 Å². The molecule has 0 saturated carbocycles. The van der Waals surface area contributed by atoms with Gasteiger partial charge in [-0.25, -0.2) is 9.13 Å². The lowest BCUT2D eigenvalue weighted by Crippen LogP contribution is -2.23. The molecule has 0 spiro atoms. The fourth-order valence-corrected chi connectivity index (χ4v) is 1.32. The number of thioether (sulfide) groups is 1. The molecule has 0 amide bonds. The quantitative estimate of drug-likeness (QED) is 0.595. The van der Waals surface area contributed by atoms with Gasteiger partial charge in [0.1, 0.15) is 18.3 Å². The number of hydrogen-bond donors (Lipinski definition) is 0. The van der Waals surface area contributed by atoms with Gasteiger partial charge in [0.25, 0.3) is 0 Å². The predicted octanol–water partition coefficient (Wildman–Crippen LogP) is 1.02. The van der Waals surface area contributed by atoms with Gasteiger partial charge in [0.05, 0.1) is 7.05 Å². The average molecular weight is 157 g/mol. The Bertz CT molecular complexity index is 195. The van der Waals surface area contributed by atoms with Crippen LogP contribution in [0.4, 0.5) is 0 Å². The van der Waals surface area contributed by atoms with Crippen LogP contribution >= 0.6 is 11.8 Å². The number of rotatable bonds is 3. The van der Waals surface area contributed by atoms with Crippen LogP contribution in [0.5, 0.6) is 0 Å². The molecule has 3 heteroatoms. The molecular weight excluding hydrogens is 144 g/mol. The molecule has 56 valence electrons. The van der Waals surface area contributed by atoms with Gasteiger partial charge in [-0.3, -0.25) is 0 Å². The third-order valence-corrected chi connectivity index (χ3v) is 2.16. The van der Waals surface area contributed by atoms with Gasteiger partial charge in [0, 0.05) is 0 Å². The van der Waals surface area contributed by atoms with Crippen molar-refractivity contribution in [2.75, 3.05) is 5.75 Å². The number of aromatic nitrogens is 2. The fraction of sp³-hybridized carbons (Fsp3) is 0.571. The first-order valence-electron chi connectivity index (χ1n) is 3.41. The molecule has 0 aromatic carbocycles. The maximum absolute atomic E-state index is 2.17. The molecule has 10 heavy (non-hydrogen) atoms. The molecule has 1 rings (SSSR count). The van der Waals surface area contributed by atoms with E-state index in [9.17, 15) is 0 Å². The monoisotopic (exact) mass is 157 g/mol. The second-order valence-corrected chi connectivity index (χ2v) is 3.46. The van der Waals surface area contributed by atoms with Crippen LogP contribution in [0, 0.1) is 0 Å². The van der Waals surface area contributed by atoms with E-state index >= 15 is 0 Å². The molecule has 0 aliphatic rings. The molecule has 0 bridgehead atoms. The summed E-state index contributed by atoms with van der Waals surface area (Å²) < 4.78 is 4.23. The number of aryl methyl sites for hydroxylation is 1. The number of hydrogen-bond acceptors (Lipinski definition) is 1. The van der Waals surface area contributed by atoms with E-state index in [1.807, 2.05) is 18.8 Å². The molecule has 1 heterocycles. The van der Waals surface area contributed by atoms with Crippen LogP contribution in [0.15, 0.2) is 18.7 Å². The molecule has 0 aliphatic carbocycles. The molecule has 0 N–H and O–H groups in total. The van der Waals surface area contributed by atoms with Crippen molar-refractivity contribution in [3.05, 3.63) is 18.7 Å². The summed E-state index contributed by atoms with van der Waals surface area (Å²) in [6.07, 6.45) is 6.22. The predicted molar refractivity (Wildman–Crippen MR) is 43.7 cm³/mol. The zero-order valence-electron chi connectivity index (χ0n) is 6.45. The first-order chi connectivity index (χ1) is 4.83. The highest BCUT2D eigenvalue weighted by atomic mass is 32.2. The standard InChI is InChI=1S/C7H13N2S/c1-3-10-7-9-5-4-8(2)6-9/h4-6H,3,7H2,1-2H3/q+1. The lowest BCUT2D eigenvalue weighted by atomic mass is 10.9. The van der Waals surface area contributed by atoms with Gasteiger partial charge in [-0.05, 0) is 5.75 Å². The van der Waals surface area contributed by atoms with E-state index in [2.05, 4.69) is 34.8 Å². The van der Waals surface area contributed by atoms with Crippen LogP contribution < -0.4 is 4.57 Å². The van der Waals surface area contributed by atoms with Crippen molar-refractivity contribution in [1.29, 1.82) is 0 Å². The molecular formula is C7H13N2S+. The smallest absolute Gasteiger partial charge is 0.240 e. The maximum atomic E-state index is 2.17. The summed E-state index contributed by atoms with van der Waals surface area (Å²) in [5.74, 6) is 2.25. The van der Waals surface area contributed by atoms with Crippen LogP contribution in [0.3, 0.4) is 0 Å². The van der Waals surface area contributed by atoms with Crippen LogP contribution in [0.25, 0.3) is 0 Å². The van der Waals surface area contributed by atoms with Gasteiger partial charge >= 0.3 is 0 Å². The highest BCUT2D eigenvalue weighted by Gasteiger charge is 1.96. The minimum atomic E-state index is 1.07. The van der Waals surface area contributed by atoms with Gasteiger partial charge in [-0.15, -0.1) is 11.8 Å². The van der Waals surface area contributed by atoms with Crippen molar-refractivity contribution in [3.8, 4) is 0 Å². The minimum Gasteiger partial charge on any atom is -0.240 e. The molecule has 0 unspecified atom stereocenters. The summed E-state index contributed by atoms with van der Waals surface area (Å²) in [6.45, 7) is 2.17. The Morgan fingerprint density at radius 3 is 2.90 bits per heavy atom. The normalized spacial score (nSPS) is 10.2. The Morgan fingerprint density at radius 1 is 1.60 bits per heavy atom. The summed E-state index contributed by atoms with van der Waals surface area (Å²) >= 11 is 1.92. The maximum Gasteiger partial charge on any atom is 0.244 e. The second-order valence-electron chi connectivity index (χ2n) is 2.22. The Morgan fingerprint density at radius 2 is 2.40 bits per heavy atom. The molecule has 1 aromatic rings. The zero-order chi connectivity index (χ0) is 7.40. The second kappa shape index (κ2) is 3.66. The molecule has 0 saturated heterocycles. The van der Waals surface area contributed by atoms with Crippen LogP contribution in [-0.4, -0.2) is 10.3 Å². The van der Waals surface area contributed by atoms with Gasteiger partial charge in [-0.2, -0.15) is 0 Å². The molecule has 0 radical (unpaired) electrons. The number of nitrogens with zero attached hydrogens (tertiary/aromatic N) is 2. The van der Waals surface area contributed by atoms with E-state index in [0.717, 1.165) is 5.88 Å². The average Bonchev–Trinajstić information content (AvgIpc) is 2.31. The van der Waals surface area contributed by atoms with Crippen LogP contribution in [0.1, 0.15) is 6.92 Å².